The van der Waals surface area contributed by atoms with Gasteiger partial charge in [-0.15, -0.1) is 0 Å². The summed E-state index contributed by atoms with van der Waals surface area (Å²) in [5.74, 6) is 1.97. The molecule has 2 rings (SSSR count). The molecule has 0 heterocycles. The van der Waals surface area contributed by atoms with Crippen molar-refractivity contribution in [2.24, 2.45) is 11.8 Å². The molecule has 34 heavy (non-hydrogen) atoms. The van der Waals surface area contributed by atoms with Gasteiger partial charge >= 0.3 is 0 Å². The van der Waals surface area contributed by atoms with E-state index in [9.17, 15) is 0 Å². The first-order chi connectivity index (χ1) is 16.9. The summed E-state index contributed by atoms with van der Waals surface area (Å²) in [6.07, 6.45) is 26.9. The fourth-order valence-corrected chi connectivity index (χ4v) is 5.98. The number of aliphatic hydroxyl groups is 1. The highest BCUT2D eigenvalue weighted by molar-refractivity contribution is 4.68. The van der Waals surface area contributed by atoms with Crippen molar-refractivity contribution < 1.29 is 14.6 Å². The van der Waals surface area contributed by atoms with E-state index < -0.39 is 0 Å². The summed E-state index contributed by atoms with van der Waals surface area (Å²) in [7, 11) is 0. The van der Waals surface area contributed by atoms with Crippen LogP contribution in [0.1, 0.15) is 128 Å². The molecule has 2 aliphatic carbocycles. The summed E-state index contributed by atoms with van der Waals surface area (Å²) >= 11 is 0. The summed E-state index contributed by atoms with van der Waals surface area (Å²) in [6, 6.07) is 0. The third kappa shape index (κ3) is 16.5. The molecule has 0 amide bonds. The molecule has 0 bridgehead atoms. The van der Waals surface area contributed by atoms with E-state index in [1.54, 1.807) is 0 Å². The summed E-state index contributed by atoms with van der Waals surface area (Å²) in [5, 5.41) is 8.87. The van der Waals surface area contributed by atoms with Gasteiger partial charge in [0.25, 0.3) is 0 Å². The Morgan fingerprint density at radius 2 is 0.941 bits per heavy atom. The second-order valence-electron chi connectivity index (χ2n) is 11.2. The van der Waals surface area contributed by atoms with Gasteiger partial charge in [-0.2, -0.15) is 0 Å². The van der Waals surface area contributed by atoms with Gasteiger partial charge < -0.3 is 14.6 Å². The summed E-state index contributed by atoms with van der Waals surface area (Å²) in [5.41, 5.74) is 0. The monoisotopic (exact) mass is 481 g/mol. The first-order valence-corrected chi connectivity index (χ1v) is 15.4. The van der Waals surface area contributed by atoms with Crippen LogP contribution in [0.2, 0.25) is 0 Å². The van der Waals surface area contributed by atoms with Crippen molar-refractivity contribution in [1.82, 2.24) is 4.90 Å². The van der Waals surface area contributed by atoms with Gasteiger partial charge in [-0.3, -0.25) is 4.90 Å². The van der Waals surface area contributed by atoms with Gasteiger partial charge in [0.15, 0.2) is 0 Å². The SMILES string of the molecule is OCCCCCCCCCCN(CCOCCCC1CCCC1)CCOCCCC1CCCC1. The minimum atomic E-state index is 0.351. The van der Waals surface area contributed by atoms with Gasteiger partial charge in [0.05, 0.1) is 13.2 Å². The molecule has 0 aromatic heterocycles. The van der Waals surface area contributed by atoms with Crippen LogP contribution in [0.15, 0.2) is 0 Å². The Morgan fingerprint density at radius 1 is 0.500 bits per heavy atom. The minimum absolute atomic E-state index is 0.351. The van der Waals surface area contributed by atoms with E-state index in [1.807, 2.05) is 0 Å². The van der Waals surface area contributed by atoms with E-state index in [4.69, 9.17) is 14.6 Å². The van der Waals surface area contributed by atoms with Gasteiger partial charge in [-0.1, -0.05) is 89.9 Å². The minimum Gasteiger partial charge on any atom is -0.396 e. The summed E-state index contributed by atoms with van der Waals surface area (Å²) < 4.78 is 12.0. The van der Waals surface area contributed by atoms with Crippen LogP contribution < -0.4 is 0 Å². The van der Waals surface area contributed by atoms with Crippen LogP contribution in [-0.2, 0) is 9.47 Å². The Kier molecular flexibility index (Phi) is 19.5. The van der Waals surface area contributed by atoms with Crippen LogP contribution >= 0.6 is 0 Å². The first kappa shape index (κ1) is 30.1. The van der Waals surface area contributed by atoms with Crippen LogP contribution in [0.4, 0.5) is 0 Å². The normalized spacial score (nSPS) is 17.5. The van der Waals surface area contributed by atoms with Crippen LogP contribution in [-0.4, -0.2) is 62.7 Å². The van der Waals surface area contributed by atoms with E-state index in [-0.39, 0.29) is 0 Å². The Morgan fingerprint density at radius 3 is 1.41 bits per heavy atom. The zero-order valence-electron chi connectivity index (χ0n) is 22.7. The van der Waals surface area contributed by atoms with Gasteiger partial charge in [0, 0.05) is 32.9 Å². The van der Waals surface area contributed by atoms with Crippen molar-refractivity contribution in [2.45, 2.75) is 128 Å². The molecule has 2 saturated carbocycles. The zero-order chi connectivity index (χ0) is 23.9. The van der Waals surface area contributed by atoms with Gasteiger partial charge in [0.2, 0.25) is 0 Å². The highest BCUT2D eigenvalue weighted by Gasteiger charge is 2.15. The summed E-state index contributed by atoms with van der Waals surface area (Å²) in [6.45, 7) is 7.27. The van der Waals surface area contributed by atoms with Crippen LogP contribution in [0.3, 0.4) is 0 Å². The Balaban J connectivity index is 1.48. The number of nitrogens with zero attached hydrogens (tertiary/aromatic N) is 1. The van der Waals surface area contributed by atoms with Crippen molar-refractivity contribution >= 4 is 0 Å². The topological polar surface area (TPSA) is 41.9 Å². The Bertz CT molecular complexity index is 393. The van der Waals surface area contributed by atoms with E-state index in [0.717, 1.165) is 57.8 Å². The summed E-state index contributed by atoms with van der Waals surface area (Å²) in [4.78, 5) is 2.58. The zero-order valence-corrected chi connectivity index (χ0v) is 22.7. The van der Waals surface area contributed by atoms with Crippen molar-refractivity contribution in [2.75, 3.05) is 52.7 Å². The number of unbranched alkanes of at least 4 members (excludes halogenated alkanes) is 7. The number of aliphatic hydroxyl groups excluding tert-OH is 1. The second kappa shape index (κ2) is 22.1. The average Bonchev–Trinajstić information content (AvgIpc) is 3.56. The quantitative estimate of drug-likeness (QED) is 0.146. The number of hydrogen-bond acceptors (Lipinski definition) is 4. The molecular formula is C30H59NO3. The van der Waals surface area contributed by atoms with Crippen molar-refractivity contribution in [3.63, 3.8) is 0 Å². The predicted octanol–water partition coefficient (Wildman–Crippen LogP) is 7.38. The lowest BCUT2D eigenvalue weighted by atomic mass is 10.0. The highest BCUT2D eigenvalue weighted by atomic mass is 16.5. The fourth-order valence-electron chi connectivity index (χ4n) is 5.98. The van der Waals surface area contributed by atoms with Crippen molar-refractivity contribution in [1.29, 1.82) is 0 Å². The molecule has 0 spiro atoms. The average molecular weight is 482 g/mol. The number of rotatable bonds is 24. The molecule has 1 N–H and O–H groups in total. The van der Waals surface area contributed by atoms with Gasteiger partial charge in [-0.05, 0) is 56.9 Å². The van der Waals surface area contributed by atoms with Crippen molar-refractivity contribution in [3.8, 4) is 0 Å². The molecule has 0 aliphatic heterocycles. The van der Waals surface area contributed by atoms with Crippen LogP contribution in [0.25, 0.3) is 0 Å². The highest BCUT2D eigenvalue weighted by Crippen LogP contribution is 2.29. The first-order valence-electron chi connectivity index (χ1n) is 15.4. The van der Waals surface area contributed by atoms with Crippen LogP contribution in [0.5, 0.6) is 0 Å². The molecule has 4 nitrogen and oxygen atoms in total. The van der Waals surface area contributed by atoms with E-state index in [1.165, 1.54) is 129 Å². The van der Waals surface area contributed by atoms with Crippen molar-refractivity contribution in [3.05, 3.63) is 0 Å². The Hall–Kier alpha value is -0.160. The predicted molar refractivity (Wildman–Crippen MR) is 144 cm³/mol. The lowest BCUT2D eigenvalue weighted by Crippen LogP contribution is -2.32. The molecule has 0 aromatic rings. The standard InChI is InChI=1S/C30H59NO3/c32-24-12-6-4-2-1-3-5-11-21-31(22-27-33-25-13-19-29-15-7-8-16-29)23-28-34-26-14-20-30-17-9-10-18-30/h29-30,32H,1-28H2. The molecular weight excluding hydrogens is 422 g/mol. The molecule has 0 atom stereocenters. The molecule has 202 valence electrons. The maximum Gasteiger partial charge on any atom is 0.0593 e. The molecule has 0 radical (unpaired) electrons. The molecule has 0 aromatic carbocycles. The van der Waals surface area contributed by atoms with E-state index >= 15 is 0 Å². The maximum absolute atomic E-state index is 8.87. The van der Waals surface area contributed by atoms with Crippen LogP contribution in [0, 0.1) is 11.8 Å². The molecule has 4 heteroatoms. The third-order valence-corrected chi connectivity index (χ3v) is 8.24. The fraction of sp³-hybridized carbons (Fsp3) is 1.00. The molecule has 0 unspecified atom stereocenters. The number of ether oxygens (including phenoxy) is 2. The van der Waals surface area contributed by atoms with Gasteiger partial charge in [0.1, 0.15) is 0 Å². The van der Waals surface area contributed by atoms with E-state index in [0.29, 0.717) is 6.61 Å². The number of hydrogen-bond donors (Lipinski definition) is 1. The van der Waals surface area contributed by atoms with Gasteiger partial charge in [-0.25, -0.2) is 0 Å². The molecule has 2 aliphatic rings. The Labute approximate surface area is 212 Å². The van der Waals surface area contributed by atoms with E-state index in [2.05, 4.69) is 4.90 Å². The lowest BCUT2D eigenvalue weighted by molar-refractivity contribution is 0.0698. The largest absolute Gasteiger partial charge is 0.396 e. The smallest absolute Gasteiger partial charge is 0.0593 e. The third-order valence-electron chi connectivity index (χ3n) is 8.24. The molecule has 0 saturated heterocycles. The maximum atomic E-state index is 8.87. The second-order valence-corrected chi connectivity index (χ2v) is 11.2. The molecule has 2 fully saturated rings. The lowest BCUT2D eigenvalue weighted by Gasteiger charge is -2.22.